The van der Waals surface area contributed by atoms with Gasteiger partial charge < -0.3 is 15.2 Å². The van der Waals surface area contributed by atoms with E-state index in [1.165, 1.54) is 24.8 Å². The predicted molar refractivity (Wildman–Crippen MR) is 116 cm³/mol. The maximum absolute atomic E-state index is 12.1. The second-order valence-corrected chi connectivity index (χ2v) is 7.50. The van der Waals surface area contributed by atoms with Crippen LogP contribution < -0.4 is 15.7 Å². The number of aryl methyl sites for hydroxylation is 2. The topological polar surface area (TPSA) is 68.4 Å². The fraction of sp³-hybridized carbons (Fsp3) is 0.435. The molecule has 6 nitrogen and oxygen atoms in total. The van der Waals surface area contributed by atoms with Gasteiger partial charge in [0.1, 0.15) is 18.5 Å². The summed E-state index contributed by atoms with van der Waals surface area (Å²) in [5, 5.41) is 14.0. The van der Waals surface area contributed by atoms with Crippen LogP contribution in [0.2, 0.25) is 0 Å². The Bertz CT molecular complexity index is 989. The second kappa shape index (κ2) is 9.76. The summed E-state index contributed by atoms with van der Waals surface area (Å²) in [6, 6.07) is 13.5. The summed E-state index contributed by atoms with van der Waals surface area (Å²) in [5.41, 5.74) is 3.50. The molecule has 1 heterocycles. The lowest BCUT2D eigenvalue weighted by Gasteiger charge is -2.13. The van der Waals surface area contributed by atoms with Gasteiger partial charge in [-0.05, 0) is 48.4 Å². The number of nitrogens with zero attached hydrogens (tertiary/aromatic N) is 2. The van der Waals surface area contributed by atoms with Gasteiger partial charge in [0.15, 0.2) is 0 Å². The largest absolute Gasteiger partial charge is 0.491 e. The van der Waals surface area contributed by atoms with E-state index in [2.05, 4.69) is 12.2 Å². The summed E-state index contributed by atoms with van der Waals surface area (Å²) in [5.74, 6) is 0.729. The lowest BCUT2D eigenvalue weighted by atomic mass is 10.1. The van der Waals surface area contributed by atoms with Crippen molar-refractivity contribution in [2.75, 3.05) is 13.2 Å². The van der Waals surface area contributed by atoms with Gasteiger partial charge in [-0.15, -0.1) is 0 Å². The van der Waals surface area contributed by atoms with Crippen molar-refractivity contribution in [2.45, 2.75) is 38.8 Å². The third-order valence-electron chi connectivity index (χ3n) is 5.30. The Labute approximate surface area is 171 Å². The molecule has 2 aromatic carbocycles. The summed E-state index contributed by atoms with van der Waals surface area (Å²) in [4.78, 5) is 12.1. The Hall–Kier alpha value is -2.57. The molecule has 3 rings (SSSR count). The van der Waals surface area contributed by atoms with E-state index in [1.807, 2.05) is 42.5 Å². The number of imidazole rings is 1. The van der Waals surface area contributed by atoms with E-state index in [0.29, 0.717) is 0 Å². The van der Waals surface area contributed by atoms with Crippen molar-refractivity contribution in [1.82, 2.24) is 14.5 Å². The summed E-state index contributed by atoms with van der Waals surface area (Å²) in [7, 11) is 3.48. The summed E-state index contributed by atoms with van der Waals surface area (Å²) in [6.45, 7) is 4.25. The van der Waals surface area contributed by atoms with E-state index in [0.717, 1.165) is 35.4 Å². The average molecular weight is 398 g/mol. The zero-order chi connectivity index (χ0) is 20.8. The number of fused-ring (bicyclic) bond motifs is 1. The SMILES string of the molecule is CCCCCNCc1ccc(OCC(O)c2ccc3c(c2)n(C)c(=O)n3C)cc1. The van der Waals surface area contributed by atoms with Gasteiger partial charge in [0.05, 0.1) is 11.0 Å². The molecule has 0 aliphatic rings. The van der Waals surface area contributed by atoms with Gasteiger partial charge >= 0.3 is 5.69 Å². The molecule has 0 bridgehead atoms. The molecule has 0 saturated heterocycles. The number of hydrogen-bond acceptors (Lipinski definition) is 4. The van der Waals surface area contributed by atoms with Crippen LogP contribution in [0.1, 0.15) is 43.4 Å². The van der Waals surface area contributed by atoms with E-state index < -0.39 is 6.10 Å². The maximum Gasteiger partial charge on any atom is 0.328 e. The molecule has 0 amide bonds. The van der Waals surface area contributed by atoms with E-state index in [4.69, 9.17) is 4.74 Å². The molecule has 0 saturated carbocycles. The van der Waals surface area contributed by atoms with Crippen molar-refractivity contribution in [3.63, 3.8) is 0 Å². The summed E-state index contributed by atoms with van der Waals surface area (Å²) < 4.78 is 8.95. The molecule has 29 heavy (non-hydrogen) atoms. The molecule has 0 fully saturated rings. The van der Waals surface area contributed by atoms with E-state index >= 15 is 0 Å². The van der Waals surface area contributed by atoms with Crippen LogP contribution in [0.5, 0.6) is 5.75 Å². The second-order valence-electron chi connectivity index (χ2n) is 7.50. The van der Waals surface area contributed by atoms with Crippen LogP contribution >= 0.6 is 0 Å². The van der Waals surface area contributed by atoms with Crippen molar-refractivity contribution in [2.24, 2.45) is 14.1 Å². The molecule has 1 aromatic heterocycles. The number of hydrogen-bond donors (Lipinski definition) is 2. The number of aromatic nitrogens is 2. The molecular weight excluding hydrogens is 366 g/mol. The zero-order valence-corrected chi connectivity index (χ0v) is 17.5. The Morgan fingerprint density at radius 2 is 1.76 bits per heavy atom. The van der Waals surface area contributed by atoms with Gasteiger partial charge in [0, 0.05) is 20.6 Å². The molecular formula is C23H31N3O3. The number of nitrogens with one attached hydrogen (secondary N) is 1. The van der Waals surface area contributed by atoms with E-state index in [1.54, 1.807) is 23.2 Å². The molecule has 1 atom stereocenters. The van der Waals surface area contributed by atoms with Crippen molar-refractivity contribution in [1.29, 1.82) is 0 Å². The quantitative estimate of drug-likeness (QED) is 0.515. The van der Waals surface area contributed by atoms with Crippen LogP contribution in [0.3, 0.4) is 0 Å². The highest BCUT2D eigenvalue weighted by Gasteiger charge is 2.13. The van der Waals surface area contributed by atoms with Crippen LogP contribution in [0, 0.1) is 0 Å². The Balaban J connectivity index is 1.55. The first-order valence-corrected chi connectivity index (χ1v) is 10.3. The molecule has 3 aromatic rings. The first kappa shape index (κ1) is 21.1. The summed E-state index contributed by atoms with van der Waals surface area (Å²) >= 11 is 0. The van der Waals surface area contributed by atoms with Crippen molar-refractivity contribution in [3.8, 4) is 5.75 Å². The minimum absolute atomic E-state index is 0.0807. The maximum atomic E-state index is 12.1. The van der Waals surface area contributed by atoms with Crippen LogP contribution in [-0.2, 0) is 20.6 Å². The number of aliphatic hydroxyl groups is 1. The molecule has 156 valence electrons. The molecule has 0 radical (unpaired) electrons. The first-order chi connectivity index (χ1) is 14.0. The van der Waals surface area contributed by atoms with E-state index in [-0.39, 0.29) is 12.3 Å². The molecule has 0 spiro atoms. The predicted octanol–water partition coefficient (Wildman–Crippen LogP) is 3.27. The van der Waals surface area contributed by atoms with Crippen LogP contribution in [0.4, 0.5) is 0 Å². The van der Waals surface area contributed by atoms with Gasteiger partial charge in [-0.25, -0.2) is 4.79 Å². The highest BCUT2D eigenvalue weighted by molar-refractivity contribution is 5.76. The molecule has 1 unspecified atom stereocenters. The van der Waals surface area contributed by atoms with Crippen LogP contribution in [0.25, 0.3) is 11.0 Å². The standard InChI is InChI=1S/C23H31N3O3/c1-4-5-6-13-24-15-17-7-10-19(11-8-17)29-16-22(27)18-9-12-20-21(14-18)26(3)23(28)25(20)2/h7-12,14,22,24,27H,4-6,13,15-16H2,1-3H3. The van der Waals surface area contributed by atoms with Gasteiger partial charge in [-0.1, -0.05) is 38.0 Å². The van der Waals surface area contributed by atoms with Crippen molar-refractivity contribution in [3.05, 3.63) is 64.1 Å². The third kappa shape index (κ3) is 5.08. The Morgan fingerprint density at radius 3 is 2.48 bits per heavy atom. The molecule has 6 heteroatoms. The smallest absolute Gasteiger partial charge is 0.328 e. The first-order valence-electron chi connectivity index (χ1n) is 10.3. The van der Waals surface area contributed by atoms with E-state index in [9.17, 15) is 9.90 Å². The van der Waals surface area contributed by atoms with Gasteiger partial charge in [0.2, 0.25) is 0 Å². The molecule has 0 aliphatic carbocycles. The summed E-state index contributed by atoms with van der Waals surface area (Å²) in [6.07, 6.45) is 2.93. The number of aliphatic hydroxyl groups excluding tert-OH is 1. The van der Waals surface area contributed by atoms with Gasteiger partial charge in [-0.2, -0.15) is 0 Å². The Morgan fingerprint density at radius 1 is 1.03 bits per heavy atom. The fourth-order valence-electron chi connectivity index (χ4n) is 3.44. The van der Waals surface area contributed by atoms with Crippen molar-refractivity contribution < 1.29 is 9.84 Å². The lowest BCUT2D eigenvalue weighted by Crippen LogP contribution is -2.19. The van der Waals surface area contributed by atoms with Crippen LogP contribution in [-0.4, -0.2) is 27.4 Å². The fourth-order valence-corrected chi connectivity index (χ4v) is 3.44. The number of unbranched alkanes of at least 4 members (excludes halogenated alkanes) is 2. The van der Waals surface area contributed by atoms with Crippen LogP contribution in [0.15, 0.2) is 47.3 Å². The normalized spacial score (nSPS) is 12.4. The number of benzene rings is 2. The monoisotopic (exact) mass is 397 g/mol. The lowest BCUT2D eigenvalue weighted by molar-refractivity contribution is 0.108. The molecule has 2 N–H and O–H groups in total. The highest BCUT2D eigenvalue weighted by Crippen LogP contribution is 2.21. The highest BCUT2D eigenvalue weighted by atomic mass is 16.5. The minimum Gasteiger partial charge on any atom is -0.491 e. The number of rotatable bonds is 10. The van der Waals surface area contributed by atoms with Gasteiger partial charge in [-0.3, -0.25) is 9.13 Å². The number of ether oxygens (including phenoxy) is 1. The third-order valence-corrected chi connectivity index (χ3v) is 5.30. The van der Waals surface area contributed by atoms with Crippen molar-refractivity contribution >= 4 is 11.0 Å². The average Bonchev–Trinajstić information content (AvgIpc) is 2.96. The zero-order valence-electron chi connectivity index (χ0n) is 17.5. The Kier molecular flexibility index (Phi) is 7.12. The minimum atomic E-state index is -0.769. The molecule has 0 aliphatic heterocycles. The van der Waals surface area contributed by atoms with Gasteiger partial charge in [0.25, 0.3) is 0 Å².